The van der Waals surface area contributed by atoms with Crippen molar-refractivity contribution < 1.29 is 0 Å². The molecule has 0 aliphatic carbocycles. The number of rotatable bonds is 1. The van der Waals surface area contributed by atoms with Gasteiger partial charge in [0.05, 0.1) is 6.17 Å². The van der Waals surface area contributed by atoms with Crippen LogP contribution in [0.3, 0.4) is 0 Å². The van der Waals surface area contributed by atoms with Crippen molar-refractivity contribution >= 4 is 0 Å². The van der Waals surface area contributed by atoms with E-state index in [1.807, 2.05) is 19.3 Å². The standard InChI is InChI=1S/C4H9N3/c1-5-4-2-3-6-7-4/h2-7H,1H3. The zero-order valence-corrected chi connectivity index (χ0v) is 4.23. The van der Waals surface area contributed by atoms with Crippen molar-refractivity contribution in [3.8, 4) is 0 Å². The second kappa shape index (κ2) is 1.95. The van der Waals surface area contributed by atoms with Crippen LogP contribution in [0.2, 0.25) is 0 Å². The van der Waals surface area contributed by atoms with E-state index in [4.69, 9.17) is 0 Å². The first kappa shape index (κ1) is 4.61. The maximum atomic E-state index is 3.00. The lowest BCUT2D eigenvalue weighted by Crippen LogP contribution is -2.39. The van der Waals surface area contributed by atoms with Crippen molar-refractivity contribution in [2.24, 2.45) is 0 Å². The molecule has 3 N–H and O–H groups in total. The average molecular weight is 99.1 g/mol. The Morgan fingerprint density at radius 2 is 2.57 bits per heavy atom. The molecule has 1 aliphatic heterocycles. The average Bonchev–Trinajstić information content (AvgIpc) is 2.14. The van der Waals surface area contributed by atoms with Gasteiger partial charge in [0.1, 0.15) is 0 Å². The highest BCUT2D eigenvalue weighted by Crippen LogP contribution is 1.81. The predicted octanol–water partition coefficient (Wildman–Crippen LogP) is -0.847. The summed E-state index contributed by atoms with van der Waals surface area (Å²) >= 11 is 0. The van der Waals surface area contributed by atoms with Crippen molar-refractivity contribution in [1.29, 1.82) is 0 Å². The Labute approximate surface area is 42.8 Å². The molecule has 40 valence electrons. The molecule has 1 atom stereocenters. The summed E-state index contributed by atoms with van der Waals surface area (Å²) in [5.74, 6) is 0. The fourth-order valence-electron chi connectivity index (χ4n) is 0.499. The maximum absolute atomic E-state index is 3.00. The van der Waals surface area contributed by atoms with Crippen molar-refractivity contribution in [3.05, 3.63) is 12.3 Å². The van der Waals surface area contributed by atoms with Crippen LogP contribution in [-0.2, 0) is 0 Å². The minimum Gasteiger partial charge on any atom is -0.327 e. The molecule has 0 spiro atoms. The molecule has 0 aromatic heterocycles. The van der Waals surface area contributed by atoms with Crippen LogP contribution < -0.4 is 16.2 Å². The van der Waals surface area contributed by atoms with Gasteiger partial charge in [0.15, 0.2) is 0 Å². The molecule has 3 heteroatoms. The Morgan fingerprint density at radius 3 is 2.86 bits per heavy atom. The van der Waals surface area contributed by atoms with E-state index in [9.17, 15) is 0 Å². The summed E-state index contributed by atoms with van der Waals surface area (Å²) in [6.07, 6.45) is 4.17. The summed E-state index contributed by atoms with van der Waals surface area (Å²) in [6, 6.07) is 0. The number of hydrogen-bond donors (Lipinski definition) is 3. The third kappa shape index (κ3) is 0.913. The monoisotopic (exact) mass is 99.1 g/mol. The number of nitrogens with one attached hydrogen (secondary N) is 3. The lowest BCUT2D eigenvalue weighted by atomic mass is 10.5. The van der Waals surface area contributed by atoms with Crippen LogP contribution >= 0.6 is 0 Å². The zero-order valence-electron chi connectivity index (χ0n) is 4.23. The largest absolute Gasteiger partial charge is 0.327 e. The van der Waals surface area contributed by atoms with E-state index in [0.717, 1.165) is 0 Å². The normalized spacial score (nSPS) is 27.9. The number of likely N-dealkylation sites (N-methyl/N-ethyl adjacent to an activating group) is 1. The van der Waals surface area contributed by atoms with E-state index >= 15 is 0 Å². The molecule has 0 saturated heterocycles. The summed E-state index contributed by atoms with van der Waals surface area (Å²) in [7, 11) is 1.90. The van der Waals surface area contributed by atoms with Gasteiger partial charge >= 0.3 is 0 Å². The van der Waals surface area contributed by atoms with Crippen LogP contribution in [0.15, 0.2) is 12.3 Å². The summed E-state index contributed by atoms with van der Waals surface area (Å²) in [6.45, 7) is 0. The number of hydrogen-bond acceptors (Lipinski definition) is 3. The molecule has 0 bridgehead atoms. The molecule has 0 radical (unpaired) electrons. The topological polar surface area (TPSA) is 36.1 Å². The minimum atomic E-state index is 0.306. The molecule has 0 amide bonds. The molecular formula is C4H9N3. The van der Waals surface area contributed by atoms with E-state index in [2.05, 4.69) is 16.2 Å². The van der Waals surface area contributed by atoms with E-state index in [1.165, 1.54) is 0 Å². The smallest absolute Gasteiger partial charge is 0.0952 e. The fraction of sp³-hybridized carbons (Fsp3) is 0.500. The van der Waals surface area contributed by atoms with Gasteiger partial charge in [0.2, 0.25) is 0 Å². The summed E-state index contributed by atoms with van der Waals surface area (Å²) in [4.78, 5) is 0. The van der Waals surface area contributed by atoms with E-state index in [1.54, 1.807) is 0 Å². The molecule has 0 saturated carbocycles. The van der Waals surface area contributed by atoms with Crippen molar-refractivity contribution in [2.75, 3.05) is 7.05 Å². The van der Waals surface area contributed by atoms with Crippen molar-refractivity contribution in [3.63, 3.8) is 0 Å². The second-order valence-corrected chi connectivity index (χ2v) is 1.41. The lowest BCUT2D eigenvalue weighted by molar-refractivity contribution is 0.529. The summed E-state index contributed by atoms with van der Waals surface area (Å²) < 4.78 is 0. The quantitative estimate of drug-likeness (QED) is 0.401. The molecule has 1 heterocycles. The van der Waals surface area contributed by atoms with E-state index in [-0.39, 0.29) is 0 Å². The van der Waals surface area contributed by atoms with Gasteiger partial charge in [-0.15, -0.1) is 0 Å². The summed E-state index contributed by atoms with van der Waals surface area (Å²) in [5, 5.41) is 3.00. The van der Waals surface area contributed by atoms with Gasteiger partial charge in [-0.1, -0.05) is 0 Å². The van der Waals surface area contributed by atoms with Gasteiger partial charge in [0.25, 0.3) is 0 Å². The van der Waals surface area contributed by atoms with Gasteiger partial charge in [-0.25, -0.2) is 5.43 Å². The van der Waals surface area contributed by atoms with Crippen LogP contribution in [0.1, 0.15) is 0 Å². The SMILES string of the molecule is CNC1C=CNN1. The lowest BCUT2D eigenvalue weighted by Gasteiger charge is -2.04. The van der Waals surface area contributed by atoms with Crippen LogP contribution in [-0.4, -0.2) is 13.2 Å². The van der Waals surface area contributed by atoms with Gasteiger partial charge in [-0.2, -0.15) is 0 Å². The Kier molecular flexibility index (Phi) is 1.29. The zero-order chi connectivity index (χ0) is 5.11. The Hall–Kier alpha value is -0.540. The van der Waals surface area contributed by atoms with Crippen molar-refractivity contribution in [1.82, 2.24) is 16.2 Å². The summed E-state index contributed by atoms with van der Waals surface area (Å²) in [5.41, 5.74) is 5.76. The molecule has 0 fully saturated rings. The molecule has 1 rings (SSSR count). The highest BCUT2D eigenvalue weighted by molar-refractivity contribution is 4.94. The van der Waals surface area contributed by atoms with E-state index in [0.29, 0.717) is 6.17 Å². The highest BCUT2D eigenvalue weighted by Gasteiger charge is 2.00. The van der Waals surface area contributed by atoms with Gasteiger partial charge in [-0.05, 0) is 13.1 Å². The Morgan fingerprint density at radius 1 is 1.71 bits per heavy atom. The van der Waals surface area contributed by atoms with Gasteiger partial charge in [0, 0.05) is 6.20 Å². The van der Waals surface area contributed by atoms with Crippen LogP contribution in [0.5, 0.6) is 0 Å². The minimum absolute atomic E-state index is 0.306. The van der Waals surface area contributed by atoms with Crippen LogP contribution in [0.4, 0.5) is 0 Å². The number of hydrazine groups is 1. The van der Waals surface area contributed by atoms with Crippen LogP contribution in [0.25, 0.3) is 0 Å². The van der Waals surface area contributed by atoms with Gasteiger partial charge in [-0.3, -0.25) is 0 Å². The molecule has 7 heavy (non-hydrogen) atoms. The van der Waals surface area contributed by atoms with Gasteiger partial charge < -0.3 is 10.7 Å². The highest BCUT2D eigenvalue weighted by atomic mass is 15.4. The predicted molar refractivity (Wildman–Crippen MR) is 28.3 cm³/mol. The first-order valence-electron chi connectivity index (χ1n) is 2.28. The first-order valence-corrected chi connectivity index (χ1v) is 2.28. The maximum Gasteiger partial charge on any atom is 0.0952 e. The van der Waals surface area contributed by atoms with Crippen LogP contribution in [0, 0.1) is 0 Å². The van der Waals surface area contributed by atoms with Crippen molar-refractivity contribution in [2.45, 2.75) is 6.17 Å². The first-order chi connectivity index (χ1) is 3.43. The molecule has 3 nitrogen and oxygen atoms in total. The third-order valence-electron chi connectivity index (χ3n) is 0.922. The molecule has 1 unspecified atom stereocenters. The Bertz CT molecular complexity index is 79.0. The third-order valence-corrected chi connectivity index (χ3v) is 0.922. The molecular weight excluding hydrogens is 90.1 g/mol. The molecule has 0 aromatic rings. The van der Waals surface area contributed by atoms with E-state index < -0.39 is 0 Å². The second-order valence-electron chi connectivity index (χ2n) is 1.41. The fourth-order valence-corrected chi connectivity index (χ4v) is 0.499. The molecule has 0 aromatic carbocycles. The Balaban J connectivity index is 2.28. The molecule has 1 aliphatic rings.